The molecule has 0 spiro atoms. The molecular formula is C14H25F3N2O2. The van der Waals surface area contributed by atoms with E-state index >= 15 is 0 Å². The van der Waals surface area contributed by atoms with Gasteiger partial charge < -0.3 is 15.3 Å². The highest BCUT2D eigenvalue weighted by Gasteiger charge is 2.32. The quantitative estimate of drug-likeness (QED) is 0.723. The summed E-state index contributed by atoms with van der Waals surface area (Å²) in [6, 6.07) is -0.212. The van der Waals surface area contributed by atoms with Crippen molar-refractivity contribution >= 4 is 5.97 Å². The normalized spacial score (nSPS) is 24.2. The molecule has 1 saturated heterocycles. The minimum atomic E-state index is -4.21. The summed E-state index contributed by atoms with van der Waals surface area (Å²) >= 11 is 0. The number of rotatable bonds is 8. The van der Waals surface area contributed by atoms with Crippen LogP contribution in [-0.4, -0.2) is 54.4 Å². The van der Waals surface area contributed by atoms with Crippen LogP contribution in [0.25, 0.3) is 0 Å². The molecule has 124 valence electrons. The minimum absolute atomic E-state index is 0.0816. The summed E-state index contributed by atoms with van der Waals surface area (Å²) < 4.78 is 36.9. The number of halogens is 3. The third-order valence-corrected chi connectivity index (χ3v) is 3.80. The number of aliphatic carboxylic acids is 1. The molecule has 7 heteroatoms. The van der Waals surface area contributed by atoms with E-state index in [-0.39, 0.29) is 18.4 Å². The number of nitrogens with zero attached hydrogens (tertiary/aromatic N) is 1. The second kappa shape index (κ2) is 8.58. The lowest BCUT2D eigenvalue weighted by Gasteiger charge is -2.38. The van der Waals surface area contributed by atoms with Crippen LogP contribution in [0.2, 0.25) is 0 Å². The lowest BCUT2D eigenvalue weighted by atomic mass is 9.90. The van der Waals surface area contributed by atoms with Crippen LogP contribution in [0.15, 0.2) is 0 Å². The van der Waals surface area contributed by atoms with E-state index in [1.165, 1.54) is 0 Å². The Morgan fingerprint density at radius 3 is 2.67 bits per heavy atom. The third-order valence-electron chi connectivity index (χ3n) is 3.80. The molecule has 0 saturated carbocycles. The second-order valence-electron chi connectivity index (χ2n) is 5.84. The Kier molecular flexibility index (Phi) is 7.45. The average Bonchev–Trinajstić information content (AvgIpc) is 2.40. The summed E-state index contributed by atoms with van der Waals surface area (Å²) in [6.07, 6.45) is -0.927. The molecule has 2 N–H and O–H groups in total. The number of alkyl halides is 3. The highest BCUT2D eigenvalue weighted by molar-refractivity contribution is 5.66. The van der Waals surface area contributed by atoms with Crippen molar-refractivity contribution in [1.29, 1.82) is 0 Å². The van der Waals surface area contributed by atoms with E-state index in [1.807, 2.05) is 0 Å². The molecule has 0 bridgehead atoms. The van der Waals surface area contributed by atoms with E-state index in [0.29, 0.717) is 19.4 Å². The van der Waals surface area contributed by atoms with E-state index in [9.17, 15) is 18.0 Å². The van der Waals surface area contributed by atoms with Crippen LogP contribution in [0.5, 0.6) is 0 Å². The summed E-state index contributed by atoms with van der Waals surface area (Å²) in [6.45, 7) is 3.36. The fourth-order valence-electron chi connectivity index (χ4n) is 2.81. The Morgan fingerprint density at radius 1 is 1.38 bits per heavy atom. The Bertz CT molecular complexity index is 324. The van der Waals surface area contributed by atoms with Gasteiger partial charge in [-0.15, -0.1) is 0 Å². The molecule has 0 amide bonds. The number of carboxylic acid groups (broad SMARTS) is 1. The van der Waals surface area contributed by atoms with Crippen LogP contribution in [0.3, 0.4) is 0 Å². The number of nitrogens with one attached hydrogen (secondary N) is 1. The Morgan fingerprint density at radius 2 is 2.10 bits per heavy atom. The van der Waals surface area contributed by atoms with Crippen molar-refractivity contribution in [3.8, 4) is 0 Å². The summed E-state index contributed by atoms with van der Waals surface area (Å²) in [7, 11) is 0. The number of hydrogen-bond acceptors (Lipinski definition) is 3. The van der Waals surface area contributed by atoms with Gasteiger partial charge in [-0.2, -0.15) is 13.2 Å². The predicted molar refractivity (Wildman–Crippen MR) is 74.2 cm³/mol. The molecule has 4 nitrogen and oxygen atoms in total. The first-order valence-corrected chi connectivity index (χ1v) is 7.54. The number of hydrogen-bond donors (Lipinski definition) is 2. The first-order chi connectivity index (χ1) is 9.80. The molecule has 0 radical (unpaired) electrons. The third kappa shape index (κ3) is 8.26. The standard InChI is InChI=1S/C14H25F3N2O2/c1-2-3-6-19-8-11(4-5-13(20)21)7-12(9-19)18-10-14(15,16)17/h11-12,18H,2-10H2,1H3,(H,20,21). The van der Waals surface area contributed by atoms with Gasteiger partial charge in [-0.05, 0) is 31.7 Å². The van der Waals surface area contributed by atoms with Gasteiger partial charge in [0.05, 0.1) is 6.54 Å². The minimum Gasteiger partial charge on any atom is -0.481 e. The molecule has 2 unspecified atom stereocenters. The summed E-state index contributed by atoms with van der Waals surface area (Å²) in [5.41, 5.74) is 0. The van der Waals surface area contributed by atoms with E-state index < -0.39 is 18.7 Å². The summed E-state index contributed by atoms with van der Waals surface area (Å²) in [4.78, 5) is 12.8. The monoisotopic (exact) mass is 310 g/mol. The van der Waals surface area contributed by atoms with E-state index in [1.54, 1.807) is 0 Å². The SMILES string of the molecule is CCCCN1CC(CCC(=O)O)CC(NCC(F)(F)F)C1. The molecule has 21 heavy (non-hydrogen) atoms. The average molecular weight is 310 g/mol. The highest BCUT2D eigenvalue weighted by atomic mass is 19.4. The molecular weight excluding hydrogens is 285 g/mol. The van der Waals surface area contributed by atoms with Gasteiger partial charge in [0, 0.05) is 25.6 Å². The Labute approximate surface area is 123 Å². The van der Waals surface area contributed by atoms with Crippen molar-refractivity contribution in [3.63, 3.8) is 0 Å². The van der Waals surface area contributed by atoms with Gasteiger partial charge >= 0.3 is 12.1 Å². The fraction of sp³-hybridized carbons (Fsp3) is 0.929. The highest BCUT2D eigenvalue weighted by Crippen LogP contribution is 2.23. The van der Waals surface area contributed by atoms with Crippen molar-refractivity contribution in [3.05, 3.63) is 0 Å². The van der Waals surface area contributed by atoms with Gasteiger partial charge in [0.1, 0.15) is 0 Å². The lowest BCUT2D eigenvalue weighted by Crippen LogP contribution is -2.51. The van der Waals surface area contributed by atoms with Crippen LogP contribution >= 0.6 is 0 Å². The van der Waals surface area contributed by atoms with Gasteiger partial charge in [0.25, 0.3) is 0 Å². The molecule has 0 aliphatic carbocycles. The van der Waals surface area contributed by atoms with Gasteiger partial charge in [-0.3, -0.25) is 4.79 Å². The predicted octanol–water partition coefficient (Wildman–Crippen LogP) is 2.49. The number of unbranched alkanes of at least 4 members (excludes halogenated alkanes) is 1. The number of likely N-dealkylation sites (tertiary alicyclic amines) is 1. The zero-order valence-electron chi connectivity index (χ0n) is 12.5. The molecule has 0 aromatic heterocycles. The van der Waals surface area contributed by atoms with Crippen molar-refractivity contribution in [2.75, 3.05) is 26.2 Å². The van der Waals surface area contributed by atoms with Crippen molar-refractivity contribution in [2.45, 2.75) is 51.2 Å². The molecule has 1 aliphatic heterocycles. The number of piperidine rings is 1. The molecule has 1 fully saturated rings. The van der Waals surface area contributed by atoms with Crippen LogP contribution in [0, 0.1) is 5.92 Å². The zero-order chi connectivity index (χ0) is 15.9. The maximum absolute atomic E-state index is 12.3. The summed E-state index contributed by atoms with van der Waals surface area (Å²) in [5.74, 6) is -0.696. The van der Waals surface area contributed by atoms with E-state index in [4.69, 9.17) is 5.11 Å². The Balaban J connectivity index is 2.50. The van der Waals surface area contributed by atoms with Crippen molar-refractivity contribution in [2.24, 2.45) is 5.92 Å². The fourth-order valence-corrected chi connectivity index (χ4v) is 2.81. The van der Waals surface area contributed by atoms with Crippen LogP contribution in [0.1, 0.15) is 39.0 Å². The molecule has 0 aromatic carbocycles. The maximum Gasteiger partial charge on any atom is 0.401 e. The van der Waals surface area contributed by atoms with Crippen molar-refractivity contribution < 1.29 is 23.1 Å². The van der Waals surface area contributed by atoms with E-state index in [0.717, 1.165) is 25.9 Å². The topological polar surface area (TPSA) is 52.6 Å². The van der Waals surface area contributed by atoms with Gasteiger partial charge in [-0.1, -0.05) is 13.3 Å². The van der Waals surface area contributed by atoms with Gasteiger partial charge in [0.15, 0.2) is 0 Å². The van der Waals surface area contributed by atoms with Gasteiger partial charge in [0.2, 0.25) is 0 Å². The second-order valence-corrected chi connectivity index (χ2v) is 5.84. The van der Waals surface area contributed by atoms with Crippen LogP contribution in [0.4, 0.5) is 13.2 Å². The number of carboxylic acids is 1. The molecule has 2 atom stereocenters. The number of carbonyl (C=O) groups is 1. The molecule has 0 aromatic rings. The first kappa shape index (κ1) is 18.2. The zero-order valence-corrected chi connectivity index (χ0v) is 12.5. The van der Waals surface area contributed by atoms with Crippen molar-refractivity contribution in [1.82, 2.24) is 10.2 Å². The van der Waals surface area contributed by atoms with E-state index in [2.05, 4.69) is 17.1 Å². The van der Waals surface area contributed by atoms with Crippen LogP contribution < -0.4 is 5.32 Å². The Hall–Kier alpha value is -0.820. The smallest absolute Gasteiger partial charge is 0.401 e. The molecule has 1 aliphatic rings. The molecule has 1 rings (SSSR count). The van der Waals surface area contributed by atoms with Gasteiger partial charge in [-0.25, -0.2) is 0 Å². The maximum atomic E-state index is 12.3. The summed E-state index contributed by atoms with van der Waals surface area (Å²) in [5, 5.41) is 11.3. The first-order valence-electron chi connectivity index (χ1n) is 7.54. The molecule has 1 heterocycles. The largest absolute Gasteiger partial charge is 0.481 e. The van der Waals surface area contributed by atoms with Crippen LogP contribution in [-0.2, 0) is 4.79 Å². The lowest BCUT2D eigenvalue weighted by molar-refractivity contribution is -0.137.